The van der Waals surface area contributed by atoms with Gasteiger partial charge in [0.05, 0.1) is 17.7 Å². The van der Waals surface area contributed by atoms with Crippen LogP contribution in [0.5, 0.6) is 5.75 Å². The van der Waals surface area contributed by atoms with Crippen LogP contribution >= 0.6 is 0 Å². The Hall–Kier alpha value is -2.82. The van der Waals surface area contributed by atoms with Crippen molar-refractivity contribution in [2.24, 2.45) is 0 Å². The first kappa shape index (κ1) is 25.8. The number of benzene rings is 2. The number of anilines is 1. The molecule has 1 amide bonds. The summed E-state index contributed by atoms with van der Waals surface area (Å²) in [7, 11) is -2.39. The zero-order valence-corrected chi connectivity index (χ0v) is 20.8. The second kappa shape index (κ2) is 10.6. The smallest absolute Gasteiger partial charge is 0.410 e. The van der Waals surface area contributed by atoms with Gasteiger partial charge in [-0.05, 0) is 75.6 Å². The highest BCUT2D eigenvalue weighted by Crippen LogP contribution is 2.28. The summed E-state index contributed by atoms with van der Waals surface area (Å²) in [5.41, 5.74) is 2.61. The third kappa shape index (κ3) is 6.40. The number of ether oxygens (including phenoxy) is 2. The Balaban J connectivity index is 1.94. The van der Waals surface area contributed by atoms with E-state index in [0.717, 1.165) is 0 Å². The number of nitrogens with one attached hydrogen (secondary N) is 1. The van der Waals surface area contributed by atoms with E-state index in [1.54, 1.807) is 62.1 Å². The molecule has 0 aromatic heterocycles. The zero-order valence-electron chi connectivity index (χ0n) is 20.0. The number of carbonyl (C=O) groups excluding carboxylic acids is 1. The lowest BCUT2D eigenvalue weighted by Gasteiger charge is -2.39. The van der Waals surface area contributed by atoms with E-state index in [1.165, 1.54) is 23.5 Å². The Morgan fingerprint density at radius 2 is 1.91 bits per heavy atom. The molecule has 10 heteroatoms. The summed E-state index contributed by atoms with van der Waals surface area (Å²) in [6.07, 6.45) is 0.800. The second-order valence-corrected chi connectivity index (χ2v) is 11.2. The predicted octanol–water partition coefficient (Wildman–Crippen LogP) is 4.09. The number of nitrogens with zero attached hydrogens (tertiary/aromatic N) is 2. The minimum absolute atomic E-state index is 0.0801. The summed E-state index contributed by atoms with van der Waals surface area (Å²) in [6, 6.07) is 12.7. The largest absolute Gasteiger partial charge is 0.497 e. The highest BCUT2D eigenvalue weighted by Gasteiger charge is 2.36. The van der Waals surface area contributed by atoms with E-state index in [4.69, 9.17) is 9.47 Å². The minimum Gasteiger partial charge on any atom is -0.497 e. The average Bonchev–Trinajstić information content (AvgIpc) is 2.81. The maximum atomic E-state index is 13.8. The fourth-order valence-corrected chi connectivity index (χ4v) is 5.53. The van der Waals surface area contributed by atoms with E-state index < -0.39 is 27.8 Å². The van der Waals surface area contributed by atoms with Crippen LogP contribution in [0.15, 0.2) is 53.4 Å². The van der Waals surface area contributed by atoms with Gasteiger partial charge >= 0.3 is 6.09 Å². The first-order chi connectivity index (χ1) is 16.0. The van der Waals surface area contributed by atoms with E-state index >= 15 is 0 Å². The average molecular weight is 492 g/mol. The number of likely N-dealkylation sites (tertiary alicyclic amines) is 1. The molecule has 0 aliphatic carbocycles. The van der Waals surface area contributed by atoms with Crippen LogP contribution in [0.2, 0.25) is 0 Å². The van der Waals surface area contributed by atoms with Crippen LogP contribution in [0.25, 0.3) is 0 Å². The Kier molecular flexibility index (Phi) is 8.06. The van der Waals surface area contributed by atoms with Crippen LogP contribution in [-0.2, 0) is 21.3 Å². The number of carbonyl (C=O) groups is 1. The van der Waals surface area contributed by atoms with Gasteiger partial charge in [0.2, 0.25) is 10.0 Å². The summed E-state index contributed by atoms with van der Waals surface area (Å²) in [6.45, 7) is 6.21. The lowest BCUT2D eigenvalue weighted by atomic mass is 10.1. The molecule has 0 radical (unpaired) electrons. The van der Waals surface area contributed by atoms with Crippen molar-refractivity contribution in [2.45, 2.75) is 56.7 Å². The first-order valence-electron chi connectivity index (χ1n) is 11.2. The van der Waals surface area contributed by atoms with Crippen molar-refractivity contribution >= 4 is 21.8 Å². The molecule has 2 N–H and O–H groups in total. The van der Waals surface area contributed by atoms with Crippen molar-refractivity contribution in [1.82, 2.24) is 9.21 Å². The molecule has 2 aromatic carbocycles. The number of amides is 1. The van der Waals surface area contributed by atoms with Crippen LogP contribution in [-0.4, -0.2) is 60.8 Å². The van der Waals surface area contributed by atoms with Gasteiger partial charge in [-0.1, -0.05) is 12.1 Å². The van der Waals surface area contributed by atoms with Gasteiger partial charge in [0.15, 0.2) is 0 Å². The summed E-state index contributed by atoms with van der Waals surface area (Å²) >= 11 is 0. The molecule has 0 spiro atoms. The number of sulfonamides is 1. The first-order valence-corrected chi connectivity index (χ1v) is 12.6. The zero-order chi connectivity index (χ0) is 24.9. The molecule has 34 heavy (non-hydrogen) atoms. The molecule has 1 saturated heterocycles. The molecule has 1 heterocycles. The van der Waals surface area contributed by atoms with E-state index in [1.807, 2.05) is 0 Å². The summed E-state index contributed by atoms with van der Waals surface area (Å²) in [5, 5.41) is 9.27. The molecule has 1 aliphatic heterocycles. The number of hydrogen-bond acceptors (Lipinski definition) is 7. The number of rotatable bonds is 7. The normalized spacial score (nSPS) is 16.9. The lowest BCUT2D eigenvalue weighted by Crippen LogP contribution is -2.52. The highest BCUT2D eigenvalue weighted by atomic mass is 32.2. The molecule has 3 rings (SSSR count). The van der Waals surface area contributed by atoms with Gasteiger partial charge in [0.25, 0.3) is 0 Å². The summed E-state index contributed by atoms with van der Waals surface area (Å²) in [4.78, 5) is 14.4. The van der Waals surface area contributed by atoms with E-state index in [9.17, 15) is 18.4 Å². The van der Waals surface area contributed by atoms with Crippen molar-refractivity contribution in [1.29, 1.82) is 0 Å². The van der Waals surface area contributed by atoms with Gasteiger partial charge in [-0.15, -0.1) is 0 Å². The summed E-state index contributed by atoms with van der Waals surface area (Å²) < 4.78 is 39.7. The quantitative estimate of drug-likeness (QED) is 0.562. The molecule has 1 aliphatic rings. The molecular formula is C24H33N3O6S. The Morgan fingerprint density at radius 3 is 2.53 bits per heavy atom. The predicted molar refractivity (Wildman–Crippen MR) is 128 cm³/mol. The molecular weight excluding hydrogens is 458 g/mol. The monoisotopic (exact) mass is 491 g/mol. The standard InChI is InChI=1S/C24H33N3O6S/c1-24(2,3)33-23(28)26-14-6-9-20(17-26)27(16-18-7-5-8-19(15-18)25-29)34(30,31)22-12-10-21(32-4)11-13-22/h5,7-8,10-13,15,20,25,29H,6,9,14,16-17H2,1-4H3. The van der Waals surface area contributed by atoms with Crippen LogP contribution in [0.3, 0.4) is 0 Å². The second-order valence-electron chi connectivity index (χ2n) is 9.26. The third-order valence-electron chi connectivity index (χ3n) is 5.52. The van der Waals surface area contributed by atoms with Gasteiger partial charge in [-0.3, -0.25) is 10.7 Å². The number of piperidine rings is 1. The topological polar surface area (TPSA) is 108 Å². The maximum absolute atomic E-state index is 13.8. The van der Waals surface area contributed by atoms with E-state index in [0.29, 0.717) is 36.4 Å². The minimum atomic E-state index is -3.91. The van der Waals surface area contributed by atoms with Crippen LogP contribution in [0.4, 0.5) is 10.5 Å². The third-order valence-corrected chi connectivity index (χ3v) is 7.43. The Labute approximate surface area is 201 Å². The number of hydrogen-bond donors (Lipinski definition) is 2. The van der Waals surface area contributed by atoms with Crippen LogP contribution < -0.4 is 10.2 Å². The molecule has 9 nitrogen and oxygen atoms in total. The summed E-state index contributed by atoms with van der Waals surface area (Å²) in [5.74, 6) is 0.556. The van der Waals surface area contributed by atoms with Crippen LogP contribution in [0, 0.1) is 0 Å². The van der Waals surface area contributed by atoms with Gasteiger partial charge < -0.3 is 14.4 Å². The maximum Gasteiger partial charge on any atom is 0.410 e. The lowest BCUT2D eigenvalue weighted by molar-refractivity contribution is 0.0152. The SMILES string of the molecule is COc1ccc(S(=O)(=O)N(Cc2cccc(NO)c2)C2CCCN(C(=O)OC(C)(C)C)C2)cc1. The molecule has 1 fully saturated rings. The van der Waals surface area contributed by atoms with E-state index in [-0.39, 0.29) is 18.0 Å². The molecule has 1 atom stereocenters. The number of methoxy groups -OCH3 is 1. The van der Waals surface area contributed by atoms with Crippen molar-refractivity contribution in [3.63, 3.8) is 0 Å². The molecule has 0 bridgehead atoms. The van der Waals surface area contributed by atoms with Crippen molar-refractivity contribution < 1.29 is 27.9 Å². The molecule has 1 unspecified atom stereocenters. The molecule has 186 valence electrons. The van der Waals surface area contributed by atoms with E-state index in [2.05, 4.69) is 5.48 Å². The van der Waals surface area contributed by atoms with Crippen molar-refractivity contribution in [2.75, 3.05) is 25.7 Å². The van der Waals surface area contributed by atoms with Crippen molar-refractivity contribution in [3.8, 4) is 5.75 Å². The fourth-order valence-electron chi connectivity index (χ4n) is 3.89. The molecule has 2 aromatic rings. The van der Waals surface area contributed by atoms with Crippen LogP contribution in [0.1, 0.15) is 39.2 Å². The highest BCUT2D eigenvalue weighted by molar-refractivity contribution is 7.89. The fraction of sp³-hybridized carbons (Fsp3) is 0.458. The van der Waals surface area contributed by atoms with Gasteiger partial charge in [0.1, 0.15) is 11.4 Å². The Bertz CT molecular complexity index is 1080. The van der Waals surface area contributed by atoms with Crippen molar-refractivity contribution in [3.05, 3.63) is 54.1 Å². The van der Waals surface area contributed by atoms with Gasteiger partial charge in [-0.2, -0.15) is 4.31 Å². The molecule has 0 saturated carbocycles. The Morgan fingerprint density at radius 1 is 1.21 bits per heavy atom. The van der Waals surface area contributed by atoms with Gasteiger partial charge in [-0.25, -0.2) is 13.2 Å². The van der Waals surface area contributed by atoms with Gasteiger partial charge in [0, 0.05) is 25.7 Å².